The first kappa shape index (κ1) is 20.0. The van der Waals surface area contributed by atoms with Gasteiger partial charge in [-0.25, -0.2) is 5.43 Å². The minimum Gasteiger partial charge on any atom is -0.390 e. The van der Waals surface area contributed by atoms with Gasteiger partial charge in [0.1, 0.15) is 5.92 Å². The zero-order valence-electron chi connectivity index (χ0n) is 16.5. The first-order valence-corrected chi connectivity index (χ1v) is 9.66. The fourth-order valence-electron chi connectivity index (χ4n) is 3.62. The summed E-state index contributed by atoms with van der Waals surface area (Å²) in [6.07, 6.45) is 7.73. The average Bonchev–Trinajstić information content (AvgIpc) is 3.26. The fraction of sp³-hybridized carbons (Fsp3) is 0.450. The lowest BCUT2D eigenvalue weighted by atomic mass is 9.94. The molecule has 0 saturated heterocycles. The Labute approximate surface area is 164 Å². The summed E-state index contributed by atoms with van der Waals surface area (Å²) in [6.45, 7) is 8.08. The zero-order chi connectivity index (χ0) is 20.1. The van der Waals surface area contributed by atoms with Gasteiger partial charge < -0.3 is 20.7 Å². The number of carbonyl (C=O) groups is 1. The molecule has 3 heterocycles. The molecule has 3 rings (SSSR count). The van der Waals surface area contributed by atoms with E-state index in [1.165, 1.54) is 5.56 Å². The van der Waals surface area contributed by atoms with E-state index in [4.69, 9.17) is 0 Å². The predicted octanol–water partition coefficient (Wildman–Crippen LogP) is 1.37. The van der Waals surface area contributed by atoms with E-state index in [1.807, 2.05) is 6.08 Å². The maximum atomic E-state index is 12.1. The Balaban J connectivity index is 2.00. The van der Waals surface area contributed by atoms with Crippen molar-refractivity contribution in [3.05, 3.63) is 40.6 Å². The number of aliphatic hydroxyl groups is 1. The molecular formula is C20H28N6O2. The third-order valence-electron chi connectivity index (χ3n) is 4.87. The highest BCUT2D eigenvalue weighted by molar-refractivity contribution is 6.24. The lowest BCUT2D eigenvalue weighted by Crippen LogP contribution is -2.32. The molecule has 0 spiro atoms. The third-order valence-corrected chi connectivity index (χ3v) is 4.87. The van der Waals surface area contributed by atoms with E-state index in [0.717, 1.165) is 42.2 Å². The molecule has 0 saturated carbocycles. The number of amides is 1. The van der Waals surface area contributed by atoms with Crippen LogP contribution in [0.1, 0.15) is 49.2 Å². The number of H-pyrrole nitrogens is 1. The molecule has 0 aromatic carbocycles. The molecule has 0 aliphatic carbocycles. The molecule has 2 aliphatic rings. The van der Waals surface area contributed by atoms with Crippen molar-refractivity contribution >= 4 is 23.9 Å². The topological polar surface area (TPSA) is 114 Å². The molecular weight excluding hydrogens is 356 g/mol. The number of hydrazone groups is 1. The lowest BCUT2D eigenvalue weighted by molar-refractivity contribution is -0.120. The van der Waals surface area contributed by atoms with Crippen molar-refractivity contribution in [2.24, 2.45) is 16.0 Å². The maximum absolute atomic E-state index is 12.1. The van der Waals surface area contributed by atoms with Crippen molar-refractivity contribution in [3.8, 4) is 0 Å². The van der Waals surface area contributed by atoms with Crippen LogP contribution in [-0.2, 0) is 17.8 Å². The van der Waals surface area contributed by atoms with E-state index in [9.17, 15) is 9.90 Å². The standard InChI is InChI=1S/C20H28N6O2/c1-4-21-6-5-13-17(11-27)25-15(18(13)12(2)3)9-16-19(23-8-7-22-16)14-10-24-26-20(14)28/h7-10,12,14,21-22,25,27H,4-6,11H2,1-3H3,(H,26,28). The third kappa shape index (κ3) is 4.07. The number of nitrogens with zero attached hydrogens (tertiary/aromatic N) is 2. The summed E-state index contributed by atoms with van der Waals surface area (Å²) in [7, 11) is 0. The van der Waals surface area contributed by atoms with Crippen molar-refractivity contribution in [3.63, 3.8) is 0 Å². The summed E-state index contributed by atoms with van der Waals surface area (Å²) < 4.78 is 0. The van der Waals surface area contributed by atoms with Gasteiger partial charge in [-0.1, -0.05) is 20.8 Å². The first-order valence-electron chi connectivity index (χ1n) is 9.66. The zero-order valence-corrected chi connectivity index (χ0v) is 16.5. The molecule has 28 heavy (non-hydrogen) atoms. The number of rotatable bonds is 8. The Morgan fingerprint density at radius 3 is 2.86 bits per heavy atom. The SMILES string of the molecule is CCNCCc1c(CO)[nH]c(C=C2NC=CN=C2C2C=NNC2=O)c1C(C)C. The summed E-state index contributed by atoms with van der Waals surface area (Å²) in [6, 6.07) is 0. The van der Waals surface area contributed by atoms with Gasteiger partial charge in [-0.2, -0.15) is 5.10 Å². The minimum atomic E-state index is -0.522. The Morgan fingerprint density at radius 1 is 1.39 bits per heavy atom. The van der Waals surface area contributed by atoms with Crippen LogP contribution in [0.2, 0.25) is 0 Å². The van der Waals surface area contributed by atoms with E-state index < -0.39 is 5.92 Å². The average molecular weight is 384 g/mol. The number of allylic oxidation sites excluding steroid dienone is 1. The van der Waals surface area contributed by atoms with Crippen molar-refractivity contribution in [1.29, 1.82) is 0 Å². The Morgan fingerprint density at radius 2 is 2.21 bits per heavy atom. The number of aromatic amines is 1. The highest BCUT2D eigenvalue weighted by atomic mass is 16.3. The number of aliphatic imine (C=N–C) groups is 1. The van der Waals surface area contributed by atoms with Gasteiger partial charge in [-0.15, -0.1) is 0 Å². The van der Waals surface area contributed by atoms with Crippen molar-refractivity contribution in [2.75, 3.05) is 13.1 Å². The van der Waals surface area contributed by atoms with E-state index in [0.29, 0.717) is 5.71 Å². The van der Waals surface area contributed by atoms with E-state index in [2.05, 4.69) is 51.9 Å². The predicted molar refractivity (Wildman–Crippen MR) is 111 cm³/mol. The maximum Gasteiger partial charge on any atom is 0.254 e. The van der Waals surface area contributed by atoms with Crippen LogP contribution in [0.15, 0.2) is 28.2 Å². The van der Waals surface area contributed by atoms with Gasteiger partial charge >= 0.3 is 0 Å². The molecule has 8 heteroatoms. The smallest absolute Gasteiger partial charge is 0.254 e. The van der Waals surface area contributed by atoms with Crippen LogP contribution in [0.4, 0.5) is 0 Å². The largest absolute Gasteiger partial charge is 0.390 e. The molecule has 1 atom stereocenters. The number of carbonyl (C=O) groups excluding carboxylic acids is 1. The highest BCUT2D eigenvalue weighted by Gasteiger charge is 2.30. The lowest BCUT2D eigenvalue weighted by Gasteiger charge is -2.17. The Kier molecular flexibility index (Phi) is 6.43. The van der Waals surface area contributed by atoms with Gasteiger partial charge in [0.2, 0.25) is 0 Å². The second-order valence-electron chi connectivity index (χ2n) is 7.09. The molecule has 0 bridgehead atoms. The van der Waals surface area contributed by atoms with E-state index in [-0.39, 0.29) is 18.4 Å². The summed E-state index contributed by atoms with van der Waals surface area (Å²) in [5.74, 6) is -0.442. The van der Waals surface area contributed by atoms with Gasteiger partial charge in [0.25, 0.3) is 5.91 Å². The van der Waals surface area contributed by atoms with Crippen molar-refractivity contribution in [2.45, 2.75) is 39.7 Å². The van der Waals surface area contributed by atoms with Crippen LogP contribution in [0, 0.1) is 5.92 Å². The number of likely N-dealkylation sites (N-methyl/N-ethyl adjacent to an activating group) is 1. The van der Waals surface area contributed by atoms with Crippen LogP contribution in [0.25, 0.3) is 6.08 Å². The van der Waals surface area contributed by atoms with Crippen LogP contribution >= 0.6 is 0 Å². The first-order chi connectivity index (χ1) is 13.6. The Bertz CT molecular complexity index is 847. The Hall–Kier alpha value is -2.71. The molecule has 0 fully saturated rings. The van der Waals surface area contributed by atoms with Crippen LogP contribution < -0.4 is 16.1 Å². The van der Waals surface area contributed by atoms with Gasteiger partial charge in [0, 0.05) is 30.0 Å². The summed E-state index contributed by atoms with van der Waals surface area (Å²) in [5, 5.41) is 20.3. The molecule has 1 amide bonds. The monoisotopic (exact) mass is 384 g/mol. The molecule has 8 nitrogen and oxygen atoms in total. The van der Waals surface area contributed by atoms with Crippen LogP contribution in [-0.4, -0.2) is 41.0 Å². The highest BCUT2D eigenvalue weighted by Crippen LogP contribution is 2.30. The summed E-state index contributed by atoms with van der Waals surface area (Å²) in [4.78, 5) is 19.8. The normalized spacial score (nSPS) is 20.0. The van der Waals surface area contributed by atoms with Gasteiger partial charge in [-0.3, -0.25) is 9.79 Å². The molecule has 1 aromatic heterocycles. The molecule has 150 valence electrons. The number of aliphatic hydroxyl groups excluding tert-OH is 1. The second kappa shape index (κ2) is 8.99. The summed E-state index contributed by atoms with van der Waals surface area (Å²) in [5.41, 5.74) is 7.89. The summed E-state index contributed by atoms with van der Waals surface area (Å²) >= 11 is 0. The van der Waals surface area contributed by atoms with Crippen LogP contribution in [0.3, 0.4) is 0 Å². The quantitative estimate of drug-likeness (QED) is 0.436. The van der Waals surface area contributed by atoms with Gasteiger partial charge in [0.15, 0.2) is 0 Å². The van der Waals surface area contributed by atoms with E-state index in [1.54, 1.807) is 18.6 Å². The number of hydrogen-bond donors (Lipinski definition) is 5. The van der Waals surface area contributed by atoms with Crippen LogP contribution in [0.5, 0.6) is 0 Å². The molecule has 1 unspecified atom stereocenters. The van der Waals surface area contributed by atoms with Gasteiger partial charge in [-0.05, 0) is 42.6 Å². The fourth-order valence-corrected chi connectivity index (χ4v) is 3.62. The molecule has 2 aliphatic heterocycles. The minimum absolute atomic E-state index is 0.0453. The van der Waals surface area contributed by atoms with E-state index >= 15 is 0 Å². The molecule has 5 N–H and O–H groups in total. The number of aromatic nitrogens is 1. The number of nitrogens with one attached hydrogen (secondary N) is 4. The number of hydrogen-bond acceptors (Lipinski definition) is 6. The second-order valence-corrected chi connectivity index (χ2v) is 7.09. The van der Waals surface area contributed by atoms with Crippen molar-refractivity contribution in [1.82, 2.24) is 21.0 Å². The van der Waals surface area contributed by atoms with Gasteiger partial charge in [0.05, 0.1) is 18.0 Å². The van der Waals surface area contributed by atoms with Crippen molar-refractivity contribution < 1.29 is 9.90 Å². The molecule has 0 radical (unpaired) electrons. The molecule has 1 aromatic rings.